The van der Waals surface area contributed by atoms with Crippen LogP contribution in [0.3, 0.4) is 0 Å². The fourth-order valence-corrected chi connectivity index (χ4v) is 5.25. The maximum absolute atomic E-state index is 13.6. The van der Waals surface area contributed by atoms with Gasteiger partial charge in [-0.05, 0) is 76.9 Å². The lowest BCUT2D eigenvalue weighted by Crippen LogP contribution is -2.61. The van der Waals surface area contributed by atoms with Gasteiger partial charge in [0.2, 0.25) is 17.7 Å². The summed E-state index contributed by atoms with van der Waals surface area (Å²) in [4.78, 5) is 43.8. The SMILES string of the molecule is CN(C)CCCCNC(=O)[C@@H]1C[C@@H]2C(=O)N[C@@H](CCCC[N+](C)(C)C)C(=O)N2[C@@H]1c1ccc(O)cc1. The number of rotatable bonds is 12. The van der Waals surface area contributed by atoms with Gasteiger partial charge in [-0.2, -0.15) is 0 Å². The molecular formula is C27H44N5O4+. The van der Waals surface area contributed by atoms with Crippen LogP contribution in [0.1, 0.15) is 50.1 Å². The third-order valence-corrected chi connectivity index (χ3v) is 7.14. The number of quaternary nitrogens is 1. The molecule has 0 radical (unpaired) electrons. The van der Waals surface area contributed by atoms with E-state index in [1.807, 2.05) is 14.1 Å². The highest BCUT2D eigenvalue weighted by atomic mass is 16.3. The lowest BCUT2D eigenvalue weighted by Gasteiger charge is -2.38. The smallest absolute Gasteiger partial charge is 0.246 e. The van der Waals surface area contributed by atoms with Crippen LogP contribution in [0.15, 0.2) is 24.3 Å². The van der Waals surface area contributed by atoms with Crippen LogP contribution in [0.2, 0.25) is 0 Å². The molecule has 0 aliphatic carbocycles. The Morgan fingerprint density at radius 3 is 2.44 bits per heavy atom. The molecule has 2 saturated heterocycles. The third-order valence-electron chi connectivity index (χ3n) is 7.14. The standard InChI is InChI=1S/C27H43N5O4/c1-30(2)16-8-7-15-28-25(34)21-18-23-26(35)29-22(10-6-9-17-32(3,4)5)27(36)31(23)24(21)19-11-13-20(33)14-12-19/h11-14,21-24H,6-10,15-18H2,1-5H3,(H2-,28,29,33,34,35)/p+1/t21-,22+,23-,24-/m1/s1. The number of nitrogens with one attached hydrogen (secondary N) is 2. The molecule has 0 saturated carbocycles. The molecule has 3 amide bonds. The number of phenols is 1. The van der Waals surface area contributed by atoms with Gasteiger partial charge in [0.1, 0.15) is 17.8 Å². The minimum atomic E-state index is -0.664. The van der Waals surface area contributed by atoms with Gasteiger partial charge in [-0.1, -0.05) is 12.1 Å². The van der Waals surface area contributed by atoms with E-state index in [1.54, 1.807) is 29.2 Å². The molecule has 1 aromatic rings. The molecule has 0 spiro atoms. The number of nitrogens with zero attached hydrogens (tertiary/aromatic N) is 3. The van der Waals surface area contributed by atoms with Crippen LogP contribution in [0.4, 0.5) is 0 Å². The van der Waals surface area contributed by atoms with Crippen molar-refractivity contribution in [2.45, 2.75) is 56.7 Å². The average molecular weight is 503 g/mol. The molecule has 3 rings (SSSR count). The number of unbranched alkanes of at least 4 members (excludes halogenated alkanes) is 2. The predicted molar refractivity (Wildman–Crippen MR) is 139 cm³/mol. The van der Waals surface area contributed by atoms with E-state index in [0.717, 1.165) is 48.8 Å². The summed E-state index contributed by atoms with van der Waals surface area (Å²) in [6, 6.07) is 4.85. The minimum Gasteiger partial charge on any atom is -0.508 e. The van der Waals surface area contributed by atoms with Gasteiger partial charge >= 0.3 is 0 Å². The van der Waals surface area contributed by atoms with Gasteiger partial charge in [0.05, 0.1) is 39.6 Å². The van der Waals surface area contributed by atoms with Gasteiger partial charge in [-0.15, -0.1) is 0 Å². The molecule has 4 atom stereocenters. The number of hydrogen-bond donors (Lipinski definition) is 3. The Labute approximate surface area is 215 Å². The van der Waals surface area contributed by atoms with Crippen molar-refractivity contribution in [1.29, 1.82) is 0 Å². The van der Waals surface area contributed by atoms with Crippen LogP contribution in [0.5, 0.6) is 5.75 Å². The summed E-state index contributed by atoms with van der Waals surface area (Å²) in [6.45, 7) is 2.51. The van der Waals surface area contributed by atoms with Crippen molar-refractivity contribution in [2.24, 2.45) is 5.92 Å². The van der Waals surface area contributed by atoms with Crippen molar-refractivity contribution >= 4 is 17.7 Å². The highest BCUT2D eigenvalue weighted by Gasteiger charge is 2.54. The van der Waals surface area contributed by atoms with Gasteiger partial charge in [0.15, 0.2) is 0 Å². The van der Waals surface area contributed by atoms with E-state index in [0.29, 0.717) is 19.4 Å². The normalized spacial score (nSPS) is 24.1. The molecule has 0 bridgehead atoms. The molecule has 2 aliphatic heterocycles. The Hall–Kier alpha value is -2.65. The van der Waals surface area contributed by atoms with Crippen LogP contribution in [0, 0.1) is 5.92 Å². The number of carbonyl (C=O) groups is 3. The maximum Gasteiger partial charge on any atom is 0.246 e. The summed E-state index contributed by atoms with van der Waals surface area (Å²) in [5.74, 6) is -0.846. The summed E-state index contributed by atoms with van der Waals surface area (Å²) >= 11 is 0. The summed E-state index contributed by atoms with van der Waals surface area (Å²) in [6.07, 6.45) is 4.52. The van der Waals surface area contributed by atoms with Crippen LogP contribution in [-0.2, 0) is 14.4 Å². The first kappa shape index (κ1) is 27.9. The monoisotopic (exact) mass is 502 g/mol. The van der Waals surface area contributed by atoms with E-state index in [-0.39, 0.29) is 23.5 Å². The lowest BCUT2D eigenvalue weighted by molar-refractivity contribution is -0.870. The van der Waals surface area contributed by atoms with E-state index in [2.05, 4.69) is 36.7 Å². The first-order valence-electron chi connectivity index (χ1n) is 13.1. The van der Waals surface area contributed by atoms with Gasteiger partial charge < -0.3 is 30.0 Å². The lowest BCUT2D eigenvalue weighted by atomic mass is 9.92. The fourth-order valence-electron chi connectivity index (χ4n) is 5.25. The number of hydrogen-bond acceptors (Lipinski definition) is 5. The average Bonchev–Trinajstić information content (AvgIpc) is 3.21. The molecule has 0 aromatic heterocycles. The predicted octanol–water partition coefficient (Wildman–Crippen LogP) is 1.48. The van der Waals surface area contributed by atoms with E-state index >= 15 is 0 Å². The summed E-state index contributed by atoms with van der Waals surface area (Å²) in [5.41, 5.74) is 0.759. The van der Waals surface area contributed by atoms with Gasteiger partial charge in [-0.25, -0.2) is 0 Å². The summed E-state index contributed by atoms with van der Waals surface area (Å²) in [5, 5.41) is 15.8. The van der Waals surface area contributed by atoms with E-state index in [1.165, 1.54) is 0 Å². The van der Waals surface area contributed by atoms with Crippen LogP contribution in [-0.4, -0.2) is 104 Å². The zero-order valence-corrected chi connectivity index (χ0v) is 22.5. The fraction of sp³-hybridized carbons (Fsp3) is 0.667. The van der Waals surface area contributed by atoms with E-state index < -0.39 is 24.0 Å². The number of amides is 3. The number of carbonyl (C=O) groups excluding carboxylic acids is 3. The van der Waals surface area contributed by atoms with Crippen LogP contribution in [0.25, 0.3) is 0 Å². The number of fused-ring (bicyclic) bond motifs is 1. The van der Waals surface area contributed by atoms with Crippen molar-refractivity contribution in [3.63, 3.8) is 0 Å². The molecule has 36 heavy (non-hydrogen) atoms. The number of piperazine rings is 1. The van der Waals surface area contributed by atoms with Gasteiger partial charge in [-0.3, -0.25) is 14.4 Å². The molecule has 200 valence electrons. The zero-order valence-electron chi connectivity index (χ0n) is 22.5. The molecule has 0 unspecified atom stereocenters. The third kappa shape index (κ3) is 7.20. The second kappa shape index (κ2) is 12.1. The van der Waals surface area contributed by atoms with Crippen molar-refractivity contribution in [1.82, 2.24) is 20.4 Å². The molecule has 2 heterocycles. The van der Waals surface area contributed by atoms with Crippen molar-refractivity contribution in [3.8, 4) is 5.75 Å². The van der Waals surface area contributed by atoms with E-state index in [4.69, 9.17) is 0 Å². The van der Waals surface area contributed by atoms with Crippen LogP contribution >= 0.6 is 0 Å². The second-order valence-electron chi connectivity index (χ2n) is 11.5. The maximum atomic E-state index is 13.6. The quantitative estimate of drug-likeness (QED) is 0.297. The molecule has 1 aromatic carbocycles. The minimum absolute atomic E-state index is 0.119. The Bertz CT molecular complexity index is 912. The Morgan fingerprint density at radius 1 is 1.11 bits per heavy atom. The Kier molecular flexibility index (Phi) is 9.35. The first-order valence-corrected chi connectivity index (χ1v) is 13.1. The van der Waals surface area contributed by atoms with Gasteiger partial charge in [0, 0.05) is 6.54 Å². The van der Waals surface area contributed by atoms with E-state index in [9.17, 15) is 19.5 Å². The first-order chi connectivity index (χ1) is 17.0. The largest absolute Gasteiger partial charge is 0.508 e. The second-order valence-corrected chi connectivity index (χ2v) is 11.5. The number of benzene rings is 1. The van der Waals surface area contributed by atoms with Gasteiger partial charge in [0.25, 0.3) is 0 Å². The zero-order chi connectivity index (χ0) is 26.5. The van der Waals surface area contributed by atoms with Crippen LogP contribution < -0.4 is 10.6 Å². The number of aromatic hydroxyl groups is 1. The Balaban J connectivity index is 1.74. The van der Waals surface area contributed by atoms with Crippen molar-refractivity contribution in [3.05, 3.63) is 29.8 Å². The highest BCUT2D eigenvalue weighted by molar-refractivity contribution is 5.99. The highest BCUT2D eigenvalue weighted by Crippen LogP contribution is 2.43. The molecule has 9 nitrogen and oxygen atoms in total. The molecule has 2 fully saturated rings. The van der Waals surface area contributed by atoms with Crippen molar-refractivity contribution < 1.29 is 24.0 Å². The van der Waals surface area contributed by atoms with Crippen molar-refractivity contribution in [2.75, 3.05) is 54.9 Å². The molecular weight excluding hydrogens is 458 g/mol. The molecule has 3 N–H and O–H groups in total. The summed E-state index contributed by atoms with van der Waals surface area (Å²) in [7, 11) is 10.5. The topological polar surface area (TPSA) is 102 Å². The summed E-state index contributed by atoms with van der Waals surface area (Å²) < 4.78 is 0.855. The number of phenolic OH excluding ortho intramolecular Hbond substituents is 1. The molecule has 9 heteroatoms. The Morgan fingerprint density at radius 2 is 1.81 bits per heavy atom. The molecule has 2 aliphatic rings.